The van der Waals surface area contributed by atoms with Crippen LogP contribution in [0.4, 0.5) is 0 Å². The van der Waals surface area contributed by atoms with E-state index < -0.39 is 9.84 Å². The summed E-state index contributed by atoms with van der Waals surface area (Å²) in [6, 6.07) is 17.9. The molecule has 0 aliphatic heterocycles. The Labute approximate surface area is 174 Å². The van der Waals surface area contributed by atoms with Gasteiger partial charge in [-0.05, 0) is 31.9 Å². The first-order valence-electron chi connectivity index (χ1n) is 9.84. The summed E-state index contributed by atoms with van der Waals surface area (Å²) in [5.74, 6) is 1.61. The molecule has 158 valence electrons. The number of hydrogen-bond donors (Lipinski definition) is 2. The second-order valence-corrected chi connectivity index (χ2v) is 9.30. The van der Waals surface area contributed by atoms with Crippen LogP contribution in [0.1, 0.15) is 31.4 Å². The van der Waals surface area contributed by atoms with Gasteiger partial charge in [0.15, 0.2) is 5.96 Å². The number of hydrogen-bond acceptors (Lipinski definition) is 4. The summed E-state index contributed by atoms with van der Waals surface area (Å²) in [7, 11) is -2.97. The van der Waals surface area contributed by atoms with Crippen molar-refractivity contribution >= 4 is 15.8 Å². The fraction of sp³-hybridized carbons (Fsp3) is 0.409. The fourth-order valence-electron chi connectivity index (χ4n) is 2.69. The molecular weight excluding hydrogens is 386 g/mol. The zero-order valence-corrected chi connectivity index (χ0v) is 18.2. The van der Waals surface area contributed by atoms with E-state index in [9.17, 15) is 8.42 Å². The smallest absolute Gasteiger partial charge is 0.191 e. The van der Waals surface area contributed by atoms with Gasteiger partial charge in [0.25, 0.3) is 0 Å². The highest BCUT2D eigenvalue weighted by Crippen LogP contribution is 2.20. The zero-order valence-electron chi connectivity index (χ0n) is 17.4. The maximum absolute atomic E-state index is 11.4. The normalized spacial score (nSPS) is 13.0. The van der Waals surface area contributed by atoms with Crippen molar-refractivity contribution < 1.29 is 13.2 Å². The van der Waals surface area contributed by atoms with Crippen molar-refractivity contribution in [1.29, 1.82) is 0 Å². The van der Waals surface area contributed by atoms with Gasteiger partial charge in [0.1, 0.15) is 22.2 Å². The quantitative estimate of drug-likeness (QED) is 0.459. The molecule has 0 aliphatic rings. The van der Waals surface area contributed by atoms with Crippen molar-refractivity contribution in [3.05, 3.63) is 65.7 Å². The second kappa shape index (κ2) is 11.5. The Morgan fingerprint density at radius 3 is 2.48 bits per heavy atom. The Balaban J connectivity index is 2.00. The number of ether oxygens (including phenoxy) is 1. The van der Waals surface area contributed by atoms with E-state index in [-0.39, 0.29) is 11.8 Å². The van der Waals surface area contributed by atoms with Gasteiger partial charge >= 0.3 is 0 Å². The number of rotatable bonds is 10. The van der Waals surface area contributed by atoms with E-state index in [1.54, 1.807) is 0 Å². The number of guanidine groups is 1. The molecule has 0 saturated heterocycles. The molecule has 2 aromatic rings. The molecule has 0 amide bonds. The molecule has 1 atom stereocenters. The van der Waals surface area contributed by atoms with Crippen LogP contribution in [0.25, 0.3) is 0 Å². The van der Waals surface area contributed by atoms with Crippen LogP contribution in [0.15, 0.2) is 59.6 Å². The second-order valence-electron chi connectivity index (χ2n) is 7.04. The van der Waals surface area contributed by atoms with Gasteiger partial charge in [-0.25, -0.2) is 13.4 Å². The molecule has 0 bridgehead atoms. The third-order valence-corrected chi connectivity index (χ3v) is 5.24. The van der Waals surface area contributed by atoms with Crippen LogP contribution in [-0.2, 0) is 23.0 Å². The molecule has 0 spiro atoms. The van der Waals surface area contributed by atoms with E-state index in [0.717, 1.165) is 23.4 Å². The van der Waals surface area contributed by atoms with Gasteiger partial charge in [0, 0.05) is 24.4 Å². The van der Waals surface area contributed by atoms with Crippen LogP contribution in [0.3, 0.4) is 0 Å². The lowest BCUT2D eigenvalue weighted by atomic mass is 10.2. The predicted octanol–water partition coefficient (Wildman–Crippen LogP) is 3.14. The third kappa shape index (κ3) is 9.00. The molecule has 2 aromatic carbocycles. The first-order valence-corrected chi connectivity index (χ1v) is 11.9. The maximum Gasteiger partial charge on any atom is 0.191 e. The van der Waals surface area contributed by atoms with Gasteiger partial charge in [-0.3, -0.25) is 0 Å². The van der Waals surface area contributed by atoms with Crippen molar-refractivity contribution in [3.63, 3.8) is 0 Å². The predicted molar refractivity (Wildman–Crippen MR) is 119 cm³/mol. The van der Waals surface area contributed by atoms with Gasteiger partial charge in [-0.15, -0.1) is 0 Å². The Bertz CT molecular complexity index is 883. The Morgan fingerprint density at radius 1 is 1.10 bits per heavy atom. The van der Waals surface area contributed by atoms with Crippen LogP contribution in [0, 0.1) is 0 Å². The number of sulfone groups is 1. The Morgan fingerprint density at radius 2 is 1.79 bits per heavy atom. The van der Waals surface area contributed by atoms with Crippen LogP contribution in [0.5, 0.6) is 5.75 Å². The molecular formula is C22H31N3O3S. The first kappa shape index (κ1) is 22.7. The van der Waals surface area contributed by atoms with E-state index in [4.69, 9.17) is 4.74 Å². The molecule has 0 heterocycles. The summed E-state index contributed by atoms with van der Waals surface area (Å²) < 4.78 is 28.7. The largest absolute Gasteiger partial charge is 0.489 e. The van der Waals surface area contributed by atoms with E-state index in [0.29, 0.717) is 25.5 Å². The van der Waals surface area contributed by atoms with E-state index >= 15 is 0 Å². The minimum absolute atomic E-state index is 0.00732. The summed E-state index contributed by atoms with van der Waals surface area (Å²) in [5, 5.41) is 6.48. The van der Waals surface area contributed by atoms with Gasteiger partial charge in [-0.2, -0.15) is 0 Å². The molecule has 29 heavy (non-hydrogen) atoms. The molecule has 2 rings (SSSR count). The monoisotopic (exact) mass is 417 g/mol. The SMILES string of the molecule is CCNC(=NCc1ccccc1OCc1ccccc1)NC(C)CCS(C)(=O)=O. The standard InChI is InChI=1S/C22H31N3O3S/c1-4-23-22(25-18(2)14-15-29(3,26)27)24-16-20-12-8-9-13-21(20)28-17-19-10-6-5-7-11-19/h5-13,18H,4,14-17H2,1-3H3,(H2,23,24,25). The Hall–Kier alpha value is -2.54. The molecule has 0 saturated carbocycles. The number of para-hydroxylation sites is 1. The molecule has 0 aliphatic carbocycles. The van der Waals surface area contributed by atoms with Gasteiger partial charge < -0.3 is 15.4 Å². The van der Waals surface area contributed by atoms with E-state index in [1.807, 2.05) is 68.4 Å². The third-order valence-electron chi connectivity index (χ3n) is 4.27. The topological polar surface area (TPSA) is 79.8 Å². The summed E-state index contributed by atoms with van der Waals surface area (Å²) in [6.07, 6.45) is 1.78. The minimum atomic E-state index is -2.97. The van der Waals surface area contributed by atoms with Crippen LogP contribution in [0.2, 0.25) is 0 Å². The molecule has 0 aromatic heterocycles. The van der Waals surface area contributed by atoms with Crippen molar-refractivity contribution in [2.24, 2.45) is 4.99 Å². The molecule has 1 unspecified atom stereocenters. The summed E-state index contributed by atoms with van der Waals surface area (Å²) in [5.41, 5.74) is 2.10. The molecule has 0 fully saturated rings. The lowest BCUT2D eigenvalue weighted by molar-refractivity contribution is 0.303. The first-order chi connectivity index (χ1) is 13.9. The summed E-state index contributed by atoms with van der Waals surface area (Å²) >= 11 is 0. The highest BCUT2D eigenvalue weighted by Gasteiger charge is 2.10. The minimum Gasteiger partial charge on any atom is -0.489 e. The Kier molecular flexibility index (Phi) is 8.99. The highest BCUT2D eigenvalue weighted by atomic mass is 32.2. The summed E-state index contributed by atoms with van der Waals surface area (Å²) in [6.45, 7) is 5.63. The zero-order chi connectivity index (χ0) is 21.1. The number of nitrogens with zero attached hydrogens (tertiary/aromatic N) is 1. The van der Waals surface area contributed by atoms with E-state index in [1.165, 1.54) is 6.26 Å². The van der Waals surface area contributed by atoms with Crippen molar-refractivity contribution in [3.8, 4) is 5.75 Å². The molecule has 7 heteroatoms. The van der Waals surface area contributed by atoms with Crippen LogP contribution < -0.4 is 15.4 Å². The number of nitrogens with one attached hydrogen (secondary N) is 2. The van der Waals surface area contributed by atoms with E-state index in [2.05, 4.69) is 15.6 Å². The van der Waals surface area contributed by atoms with Crippen LogP contribution in [-0.4, -0.2) is 39.0 Å². The average Bonchev–Trinajstić information content (AvgIpc) is 2.70. The average molecular weight is 418 g/mol. The van der Waals surface area contributed by atoms with Crippen molar-refractivity contribution in [2.45, 2.75) is 39.5 Å². The van der Waals surface area contributed by atoms with Crippen LogP contribution >= 0.6 is 0 Å². The molecule has 6 nitrogen and oxygen atoms in total. The summed E-state index contributed by atoms with van der Waals surface area (Å²) in [4.78, 5) is 4.65. The lowest BCUT2D eigenvalue weighted by Crippen LogP contribution is -2.42. The van der Waals surface area contributed by atoms with Gasteiger partial charge in [0.2, 0.25) is 0 Å². The molecule has 2 N–H and O–H groups in total. The molecule has 0 radical (unpaired) electrons. The lowest BCUT2D eigenvalue weighted by Gasteiger charge is -2.18. The fourth-order valence-corrected chi connectivity index (χ4v) is 3.47. The van der Waals surface area contributed by atoms with Crippen molar-refractivity contribution in [2.75, 3.05) is 18.6 Å². The van der Waals surface area contributed by atoms with Gasteiger partial charge in [0.05, 0.1) is 12.3 Å². The number of benzene rings is 2. The van der Waals surface area contributed by atoms with Crippen molar-refractivity contribution in [1.82, 2.24) is 10.6 Å². The van der Waals surface area contributed by atoms with Gasteiger partial charge in [-0.1, -0.05) is 48.5 Å². The highest BCUT2D eigenvalue weighted by molar-refractivity contribution is 7.90. The maximum atomic E-state index is 11.4. The number of aliphatic imine (C=N–C) groups is 1.